The van der Waals surface area contributed by atoms with Gasteiger partial charge in [0.05, 0.1) is 12.5 Å². The molecule has 1 aliphatic rings. The third-order valence-corrected chi connectivity index (χ3v) is 2.57. The quantitative estimate of drug-likeness (QED) is 0.797. The lowest BCUT2D eigenvalue weighted by molar-refractivity contribution is -0.153. The third-order valence-electron chi connectivity index (χ3n) is 2.57. The van der Waals surface area contributed by atoms with E-state index in [0.717, 1.165) is 5.56 Å². The molecule has 4 heteroatoms. The first kappa shape index (κ1) is 11.4. The molecule has 4 nitrogen and oxygen atoms in total. The summed E-state index contributed by atoms with van der Waals surface area (Å²) in [6.07, 6.45) is 4.32. The van der Waals surface area contributed by atoms with Gasteiger partial charge < -0.3 is 0 Å². The standard InChI is InChI=1S/C13H14N2O2/c1-10(16)14-15-12(9-13(15)17)8-7-11-5-3-2-4-6-11/h2-8,12H,9H2,1H3,(H,14,16). The van der Waals surface area contributed by atoms with Crippen molar-refractivity contribution in [3.8, 4) is 0 Å². The van der Waals surface area contributed by atoms with Crippen LogP contribution in [0.2, 0.25) is 0 Å². The molecule has 1 aliphatic heterocycles. The monoisotopic (exact) mass is 230 g/mol. The lowest BCUT2D eigenvalue weighted by Crippen LogP contribution is -2.59. The Kier molecular flexibility index (Phi) is 3.23. The van der Waals surface area contributed by atoms with E-state index in [4.69, 9.17) is 0 Å². The highest BCUT2D eigenvalue weighted by Gasteiger charge is 2.34. The van der Waals surface area contributed by atoms with E-state index in [-0.39, 0.29) is 17.9 Å². The van der Waals surface area contributed by atoms with Gasteiger partial charge in [-0.3, -0.25) is 15.0 Å². The molecule has 0 bridgehead atoms. The Balaban J connectivity index is 1.98. The van der Waals surface area contributed by atoms with E-state index >= 15 is 0 Å². The number of hydrogen-bond acceptors (Lipinski definition) is 2. The van der Waals surface area contributed by atoms with E-state index in [0.29, 0.717) is 6.42 Å². The maximum Gasteiger partial charge on any atom is 0.244 e. The minimum absolute atomic E-state index is 0.0355. The van der Waals surface area contributed by atoms with Gasteiger partial charge in [0.2, 0.25) is 11.8 Å². The predicted molar refractivity (Wildman–Crippen MR) is 64.5 cm³/mol. The van der Waals surface area contributed by atoms with E-state index in [9.17, 15) is 9.59 Å². The van der Waals surface area contributed by atoms with Crippen LogP contribution in [0.3, 0.4) is 0 Å². The molecule has 1 saturated heterocycles. The fourth-order valence-electron chi connectivity index (χ4n) is 1.70. The number of hydrazine groups is 1. The molecule has 1 N–H and O–H groups in total. The van der Waals surface area contributed by atoms with E-state index < -0.39 is 0 Å². The third kappa shape index (κ3) is 2.72. The predicted octanol–water partition coefficient (Wildman–Crippen LogP) is 1.35. The van der Waals surface area contributed by atoms with Gasteiger partial charge in [-0.2, -0.15) is 0 Å². The minimum atomic E-state index is -0.226. The van der Waals surface area contributed by atoms with Crippen molar-refractivity contribution in [3.05, 3.63) is 42.0 Å². The molecule has 0 radical (unpaired) electrons. The number of benzene rings is 1. The number of carbonyl (C=O) groups is 2. The zero-order chi connectivity index (χ0) is 12.3. The molecule has 2 amide bonds. The van der Waals surface area contributed by atoms with Crippen LogP contribution >= 0.6 is 0 Å². The molecule has 88 valence electrons. The molecule has 0 spiro atoms. The Morgan fingerprint density at radius 2 is 2.12 bits per heavy atom. The van der Waals surface area contributed by atoms with Crippen LogP contribution in [-0.4, -0.2) is 22.9 Å². The highest BCUT2D eigenvalue weighted by molar-refractivity contribution is 5.87. The highest BCUT2D eigenvalue weighted by atomic mass is 16.2. The topological polar surface area (TPSA) is 49.4 Å². The Morgan fingerprint density at radius 1 is 1.41 bits per heavy atom. The van der Waals surface area contributed by atoms with E-state index in [1.165, 1.54) is 11.9 Å². The van der Waals surface area contributed by atoms with Crippen molar-refractivity contribution in [1.29, 1.82) is 0 Å². The summed E-state index contributed by atoms with van der Waals surface area (Å²) in [6.45, 7) is 1.39. The second-order valence-corrected chi connectivity index (χ2v) is 3.97. The van der Waals surface area contributed by atoms with Crippen LogP contribution in [0.4, 0.5) is 0 Å². The van der Waals surface area contributed by atoms with Crippen molar-refractivity contribution in [1.82, 2.24) is 10.4 Å². The number of β-lactam (4-membered cyclic amide) rings is 1. The SMILES string of the molecule is CC(=O)NN1C(=O)CC1C=Cc1ccccc1. The van der Waals surface area contributed by atoms with Gasteiger partial charge in [0.1, 0.15) is 0 Å². The number of hydrogen-bond donors (Lipinski definition) is 1. The smallest absolute Gasteiger partial charge is 0.244 e. The Bertz CT molecular complexity index is 454. The molecule has 1 unspecified atom stereocenters. The molecule has 0 aliphatic carbocycles. The van der Waals surface area contributed by atoms with Gasteiger partial charge in [0.25, 0.3) is 0 Å². The normalized spacial score (nSPS) is 19.2. The first-order valence-electron chi connectivity index (χ1n) is 5.49. The van der Waals surface area contributed by atoms with Crippen molar-refractivity contribution >= 4 is 17.9 Å². The van der Waals surface area contributed by atoms with Crippen molar-refractivity contribution < 1.29 is 9.59 Å². The van der Waals surface area contributed by atoms with Crippen molar-refractivity contribution in [2.75, 3.05) is 0 Å². The molecule has 2 rings (SSSR count). The summed E-state index contributed by atoms with van der Waals surface area (Å²) in [5.74, 6) is -0.279. The lowest BCUT2D eigenvalue weighted by atomic mass is 10.0. The minimum Gasteiger partial charge on any atom is -0.274 e. The average Bonchev–Trinajstić information content (AvgIpc) is 2.33. The van der Waals surface area contributed by atoms with Gasteiger partial charge in [0.15, 0.2) is 0 Å². The summed E-state index contributed by atoms with van der Waals surface area (Å²) in [5, 5.41) is 1.36. The lowest BCUT2D eigenvalue weighted by Gasteiger charge is -2.37. The summed E-state index contributed by atoms with van der Waals surface area (Å²) in [7, 11) is 0. The number of rotatable bonds is 3. The van der Waals surface area contributed by atoms with Crippen LogP contribution in [0.15, 0.2) is 36.4 Å². The molecular weight excluding hydrogens is 216 g/mol. The first-order chi connectivity index (χ1) is 8.16. The highest BCUT2D eigenvalue weighted by Crippen LogP contribution is 2.18. The average molecular weight is 230 g/mol. The van der Waals surface area contributed by atoms with Gasteiger partial charge in [-0.1, -0.05) is 42.5 Å². The van der Waals surface area contributed by atoms with Crippen LogP contribution in [0, 0.1) is 0 Å². The summed E-state index contributed by atoms with van der Waals surface area (Å²) in [5.41, 5.74) is 3.59. The number of nitrogens with zero attached hydrogens (tertiary/aromatic N) is 1. The zero-order valence-corrected chi connectivity index (χ0v) is 9.59. The number of nitrogens with one attached hydrogen (secondary N) is 1. The van der Waals surface area contributed by atoms with Crippen LogP contribution in [0.25, 0.3) is 6.08 Å². The summed E-state index contributed by atoms with van der Waals surface area (Å²) in [4.78, 5) is 22.1. The number of carbonyl (C=O) groups excluding carboxylic acids is 2. The van der Waals surface area contributed by atoms with Crippen LogP contribution in [0.1, 0.15) is 18.9 Å². The van der Waals surface area contributed by atoms with Gasteiger partial charge >= 0.3 is 0 Å². The molecule has 1 aromatic carbocycles. The summed E-state index contributed by atoms with van der Waals surface area (Å²) < 4.78 is 0. The van der Waals surface area contributed by atoms with Crippen molar-refractivity contribution in [3.63, 3.8) is 0 Å². The Morgan fingerprint density at radius 3 is 2.71 bits per heavy atom. The van der Waals surface area contributed by atoms with E-state index in [1.54, 1.807) is 0 Å². The fourth-order valence-corrected chi connectivity index (χ4v) is 1.70. The second-order valence-electron chi connectivity index (χ2n) is 3.97. The largest absolute Gasteiger partial charge is 0.274 e. The Hall–Kier alpha value is -2.10. The first-order valence-corrected chi connectivity index (χ1v) is 5.49. The van der Waals surface area contributed by atoms with Crippen LogP contribution < -0.4 is 5.43 Å². The van der Waals surface area contributed by atoms with Crippen LogP contribution in [-0.2, 0) is 9.59 Å². The molecular formula is C13H14N2O2. The molecule has 0 aromatic heterocycles. The van der Waals surface area contributed by atoms with Crippen LogP contribution in [0.5, 0.6) is 0 Å². The van der Waals surface area contributed by atoms with E-state index in [2.05, 4.69) is 5.43 Å². The van der Waals surface area contributed by atoms with E-state index in [1.807, 2.05) is 42.5 Å². The molecule has 1 aromatic rings. The van der Waals surface area contributed by atoms with Crippen molar-refractivity contribution in [2.45, 2.75) is 19.4 Å². The maximum atomic E-state index is 11.3. The Labute approximate surface area is 99.9 Å². The maximum absolute atomic E-state index is 11.3. The van der Waals surface area contributed by atoms with Gasteiger partial charge in [-0.05, 0) is 5.56 Å². The molecule has 1 heterocycles. The van der Waals surface area contributed by atoms with Gasteiger partial charge in [-0.15, -0.1) is 0 Å². The second kappa shape index (κ2) is 4.82. The van der Waals surface area contributed by atoms with Gasteiger partial charge in [-0.25, -0.2) is 5.01 Å². The van der Waals surface area contributed by atoms with Crippen molar-refractivity contribution in [2.24, 2.45) is 0 Å². The molecule has 1 atom stereocenters. The molecule has 17 heavy (non-hydrogen) atoms. The van der Waals surface area contributed by atoms with Gasteiger partial charge in [0, 0.05) is 6.92 Å². The molecule has 0 saturated carbocycles. The number of amides is 2. The molecule has 1 fully saturated rings. The summed E-state index contributed by atoms with van der Waals surface area (Å²) >= 11 is 0. The summed E-state index contributed by atoms with van der Waals surface area (Å²) in [6, 6.07) is 9.80. The fraction of sp³-hybridized carbons (Fsp3) is 0.231. The zero-order valence-electron chi connectivity index (χ0n) is 9.59.